The lowest BCUT2D eigenvalue weighted by Gasteiger charge is -2.27. The maximum absolute atomic E-state index is 10.0. The maximum atomic E-state index is 10.0. The van der Waals surface area contributed by atoms with Crippen LogP contribution in [0.3, 0.4) is 0 Å². The topological polar surface area (TPSA) is 0 Å². The van der Waals surface area contributed by atoms with Gasteiger partial charge in [0.15, 0.2) is 0 Å². The largest absolute Gasteiger partial charge is 0.114 e. The van der Waals surface area contributed by atoms with Crippen LogP contribution < -0.4 is 0 Å². The van der Waals surface area contributed by atoms with Gasteiger partial charge in [0.25, 0.3) is 0 Å². The van der Waals surface area contributed by atoms with E-state index in [1.165, 1.54) is 81.4 Å². The number of benzene rings is 6. The molecule has 0 aromatic heterocycles. The summed E-state index contributed by atoms with van der Waals surface area (Å²) >= 11 is 3.87. The second-order valence-electron chi connectivity index (χ2n) is 13.2. The lowest BCUT2D eigenvalue weighted by Crippen LogP contribution is -2.11. The van der Waals surface area contributed by atoms with Crippen LogP contribution in [-0.4, -0.2) is 0 Å². The zero-order chi connectivity index (χ0) is 31.8. The molecule has 9 rings (SSSR count). The third-order valence-corrected chi connectivity index (χ3v) is 12.7. The lowest BCUT2D eigenvalue weighted by atomic mass is 9.77. The molecule has 0 bridgehead atoms. The number of hydrogen-bond acceptors (Lipinski definition) is 2. The van der Waals surface area contributed by atoms with E-state index < -0.39 is 5.89 Å². The first-order valence-electron chi connectivity index (χ1n) is 17.0. The van der Waals surface area contributed by atoms with Gasteiger partial charge in [0, 0.05) is 20.8 Å². The Bertz CT molecular complexity index is 2200. The predicted molar refractivity (Wildman–Crippen MR) is 198 cm³/mol. The zero-order valence-electron chi connectivity index (χ0n) is 27.3. The van der Waals surface area contributed by atoms with E-state index in [-0.39, 0.29) is 4.75 Å². The van der Waals surface area contributed by atoms with Crippen LogP contribution in [0.15, 0.2) is 142 Å². The Morgan fingerprint density at radius 1 is 0.522 bits per heavy atom. The normalized spacial score (nSPS) is 17.0. The molecule has 46 heavy (non-hydrogen) atoms. The molecule has 1 heterocycles. The third kappa shape index (κ3) is 4.53. The lowest BCUT2D eigenvalue weighted by molar-refractivity contribution is 0.725. The van der Waals surface area contributed by atoms with E-state index in [2.05, 4.69) is 141 Å². The quantitative estimate of drug-likeness (QED) is 0.187. The van der Waals surface area contributed by atoms with E-state index in [9.17, 15) is 1.37 Å². The Morgan fingerprint density at radius 3 is 1.61 bits per heavy atom. The summed E-state index contributed by atoms with van der Waals surface area (Å²) in [5.74, 6) is -0.623. The minimum absolute atomic E-state index is 0.0551. The number of thioether (sulfide) groups is 1. The van der Waals surface area contributed by atoms with Gasteiger partial charge in [0.05, 0.1) is 0 Å². The molecular weight excluding hydrogens is 593 g/mol. The SMILES string of the molecule is [2H]C1(c2cc3c(cc2-c2cccc4c2Sc2ccccc2C(C)(C)S4)-c2ccccc2-c2ccccc2-c2ccccc2-3)CCCC1. The van der Waals surface area contributed by atoms with Crippen LogP contribution in [0.2, 0.25) is 0 Å². The molecule has 0 amide bonds. The minimum atomic E-state index is -0.623. The van der Waals surface area contributed by atoms with Gasteiger partial charge < -0.3 is 0 Å². The molecule has 6 aromatic rings. The Kier molecular flexibility index (Phi) is 6.54. The molecule has 0 N–H and O–H groups in total. The number of fused-ring (bicyclic) bond motifs is 10. The molecular formula is C44H36S2. The van der Waals surface area contributed by atoms with E-state index in [1.54, 1.807) is 0 Å². The molecule has 2 heteroatoms. The average molecular weight is 630 g/mol. The first kappa shape index (κ1) is 27.2. The average Bonchev–Trinajstić information content (AvgIpc) is 3.50. The minimum Gasteiger partial charge on any atom is -0.114 e. The molecule has 6 aromatic carbocycles. The summed E-state index contributed by atoms with van der Waals surface area (Å²) in [5.41, 5.74) is 15.0. The van der Waals surface area contributed by atoms with Crippen molar-refractivity contribution in [2.24, 2.45) is 0 Å². The molecule has 2 aliphatic carbocycles. The molecule has 224 valence electrons. The second kappa shape index (κ2) is 11.1. The van der Waals surface area contributed by atoms with Gasteiger partial charge in [0.2, 0.25) is 0 Å². The molecule has 1 saturated carbocycles. The van der Waals surface area contributed by atoms with Gasteiger partial charge in [-0.05, 0) is 124 Å². The first-order valence-corrected chi connectivity index (χ1v) is 18.1. The summed E-state index contributed by atoms with van der Waals surface area (Å²) in [4.78, 5) is 3.95. The molecule has 1 fully saturated rings. The van der Waals surface area contributed by atoms with Gasteiger partial charge in [-0.3, -0.25) is 0 Å². The summed E-state index contributed by atoms with van der Waals surface area (Å²) in [7, 11) is 0. The van der Waals surface area contributed by atoms with E-state index in [0.717, 1.165) is 25.7 Å². The Labute approximate surface area is 282 Å². The van der Waals surface area contributed by atoms with E-state index >= 15 is 0 Å². The molecule has 0 radical (unpaired) electrons. The molecule has 0 saturated heterocycles. The standard InChI is InChI=1S/C44H36S2/c1-44(2)40-23-11-12-24-41(40)45-43-35(22-13-25-42(43)46-44)39-27-38-34-21-10-8-19-32(34)30-17-6-5-16-29(30)31-18-7-9-20-33(31)37(38)26-36(39)28-14-3-4-15-28/h5-13,16-28H,3-4,14-15H2,1-2H3/i28D. The van der Waals surface area contributed by atoms with E-state index in [4.69, 9.17) is 0 Å². The molecule has 0 spiro atoms. The van der Waals surface area contributed by atoms with Crippen LogP contribution in [0.1, 0.15) is 57.9 Å². The highest BCUT2D eigenvalue weighted by atomic mass is 32.2. The monoisotopic (exact) mass is 629 g/mol. The first-order chi connectivity index (χ1) is 22.9. The number of rotatable bonds is 2. The van der Waals surface area contributed by atoms with E-state index in [1.807, 2.05) is 23.5 Å². The summed E-state index contributed by atoms with van der Waals surface area (Å²) in [6.07, 6.45) is 4.00. The highest BCUT2D eigenvalue weighted by Gasteiger charge is 2.33. The van der Waals surface area contributed by atoms with Crippen molar-refractivity contribution in [1.29, 1.82) is 0 Å². The second-order valence-corrected chi connectivity index (χ2v) is 16.0. The van der Waals surface area contributed by atoms with E-state index in [0.29, 0.717) is 0 Å². The van der Waals surface area contributed by atoms with Gasteiger partial charge in [-0.1, -0.05) is 128 Å². The van der Waals surface area contributed by atoms with Crippen LogP contribution in [0.4, 0.5) is 0 Å². The van der Waals surface area contributed by atoms with Crippen molar-refractivity contribution in [3.05, 3.63) is 139 Å². The third-order valence-electron chi connectivity index (χ3n) is 10.1. The Balaban J connectivity index is 1.38. The molecule has 3 aliphatic rings. The fraction of sp³-hybridized carbons (Fsp3) is 0.182. The van der Waals surface area contributed by atoms with Crippen LogP contribution in [0.25, 0.3) is 55.6 Å². The Morgan fingerprint density at radius 2 is 1.00 bits per heavy atom. The number of hydrogen-bond donors (Lipinski definition) is 0. The summed E-state index contributed by atoms with van der Waals surface area (Å²) in [6, 6.07) is 47.3. The van der Waals surface area contributed by atoms with Crippen LogP contribution in [0, 0.1) is 0 Å². The van der Waals surface area contributed by atoms with Crippen molar-refractivity contribution >= 4 is 23.5 Å². The smallest absolute Gasteiger partial charge is 0.0410 e. The van der Waals surface area contributed by atoms with Gasteiger partial charge >= 0.3 is 0 Å². The predicted octanol–water partition coefficient (Wildman–Crippen LogP) is 13.5. The van der Waals surface area contributed by atoms with Crippen LogP contribution in [0.5, 0.6) is 0 Å². The maximum Gasteiger partial charge on any atom is 0.0410 e. The molecule has 0 atom stereocenters. The van der Waals surface area contributed by atoms with Gasteiger partial charge in [-0.25, -0.2) is 0 Å². The van der Waals surface area contributed by atoms with Crippen molar-refractivity contribution in [2.75, 3.05) is 0 Å². The van der Waals surface area contributed by atoms with Gasteiger partial charge in [0.1, 0.15) is 0 Å². The zero-order valence-corrected chi connectivity index (χ0v) is 27.9. The van der Waals surface area contributed by atoms with Crippen LogP contribution >= 0.6 is 23.5 Å². The van der Waals surface area contributed by atoms with Gasteiger partial charge in [-0.2, -0.15) is 0 Å². The van der Waals surface area contributed by atoms with Gasteiger partial charge in [-0.15, -0.1) is 11.8 Å². The van der Waals surface area contributed by atoms with Crippen molar-refractivity contribution in [3.63, 3.8) is 0 Å². The van der Waals surface area contributed by atoms with Crippen molar-refractivity contribution < 1.29 is 1.37 Å². The Hall–Kier alpha value is -3.98. The fourth-order valence-electron chi connectivity index (χ4n) is 7.90. The molecule has 0 unspecified atom stereocenters. The fourth-order valence-corrected chi connectivity index (χ4v) is 10.7. The van der Waals surface area contributed by atoms with Crippen molar-refractivity contribution in [2.45, 2.75) is 64.9 Å². The van der Waals surface area contributed by atoms with Crippen molar-refractivity contribution in [3.8, 4) is 55.6 Å². The highest BCUT2D eigenvalue weighted by molar-refractivity contribution is 8.03. The summed E-state index contributed by atoms with van der Waals surface area (Å²) in [6.45, 7) is 4.69. The van der Waals surface area contributed by atoms with Crippen molar-refractivity contribution in [1.82, 2.24) is 0 Å². The summed E-state index contributed by atoms with van der Waals surface area (Å²) in [5, 5.41) is 0. The molecule has 0 nitrogen and oxygen atoms in total. The highest BCUT2D eigenvalue weighted by Crippen LogP contribution is 2.57. The summed E-state index contributed by atoms with van der Waals surface area (Å²) < 4.78 is 9.97. The van der Waals surface area contributed by atoms with Crippen LogP contribution in [-0.2, 0) is 4.75 Å². The molecule has 1 aliphatic heterocycles.